The number of anilines is 1. The maximum Gasteiger partial charge on any atom is 0.225 e. The van der Waals surface area contributed by atoms with Gasteiger partial charge >= 0.3 is 0 Å². The van der Waals surface area contributed by atoms with Gasteiger partial charge in [0.2, 0.25) is 5.91 Å². The first-order valence-electron chi connectivity index (χ1n) is 7.65. The smallest absolute Gasteiger partial charge is 0.225 e. The number of hydrogen-bond acceptors (Lipinski definition) is 2. The summed E-state index contributed by atoms with van der Waals surface area (Å²) in [4.78, 5) is 12.4. The molecule has 1 unspecified atom stereocenters. The number of aryl methyl sites for hydroxylation is 1. The number of benzene rings is 2. The molecule has 0 saturated heterocycles. The van der Waals surface area contributed by atoms with Crippen molar-refractivity contribution >= 4 is 34.8 Å². The lowest BCUT2D eigenvalue weighted by atomic mass is 9.87. The lowest BCUT2D eigenvalue weighted by Gasteiger charge is -2.27. The van der Waals surface area contributed by atoms with E-state index in [1.165, 1.54) is 5.56 Å². The van der Waals surface area contributed by atoms with Crippen molar-refractivity contribution in [1.29, 1.82) is 0 Å². The Hall–Kier alpha value is -1.71. The Morgan fingerprint density at radius 2 is 1.96 bits per heavy atom. The molecule has 5 heteroatoms. The Morgan fingerprint density at radius 1 is 1.22 bits per heavy atom. The molecule has 1 aliphatic rings. The van der Waals surface area contributed by atoms with Crippen LogP contribution in [0.4, 0.5) is 5.69 Å². The first-order chi connectivity index (χ1) is 11.0. The average Bonchev–Trinajstić information content (AvgIpc) is 2.51. The van der Waals surface area contributed by atoms with Crippen LogP contribution in [0.15, 0.2) is 36.4 Å². The third-order valence-corrected chi connectivity index (χ3v) is 4.92. The largest absolute Gasteiger partial charge is 0.399 e. The van der Waals surface area contributed by atoms with E-state index in [0.29, 0.717) is 15.6 Å². The number of carbonyl (C=O) groups is 1. The molecule has 2 aromatic carbocycles. The fourth-order valence-corrected chi connectivity index (χ4v) is 3.62. The number of nitrogens with one attached hydrogen (secondary N) is 1. The zero-order chi connectivity index (χ0) is 16.4. The van der Waals surface area contributed by atoms with E-state index in [1.54, 1.807) is 18.2 Å². The zero-order valence-electron chi connectivity index (χ0n) is 12.6. The minimum absolute atomic E-state index is 0.0214. The van der Waals surface area contributed by atoms with Crippen LogP contribution in [0.1, 0.15) is 35.6 Å². The van der Waals surface area contributed by atoms with Gasteiger partial charge in [0.1, 0.15) is 0 Å². The van der Waals surface area contributed by atoms with Crippen LogP contribution in [-0.2, 0) is 17.6 Å². The first kappa shape index (κ1) is 16.2. The Kier molecular flexibility index (Phi) is 4.79. The molecule has 1 atom stereocenters. The molecule has 23 heavy (non-hydrogen) atoms. The van der Waals surface area contributed by atoms with Gasteiger partial charge in [-0.15, -0.1) is 0 Å². The topological polar surface area (TPSA) is 55.1 Å². The average molecular weight is 349 g/mol. The summed E-state index contributed by atoms with van der Waals surface area (Å²) in [6.07, 6.45) is 3.15. The lowest BCUT2D eigenvalue weighted by Crippen LogP contribution is -2.32. The molecule has 120 valence electrons. The molecule has 0 aliphatic heterocycles. The van der Waals surface area contributed by atoms with Gasteiger partial charge in [-0.25, -0.2) is 0 Å². The molecule has 1 aliphatic carbocycles. The van der Waals surface area contributed by atoms with Crippen molar-refractivity contribution in [2.45, 2.75) is 31.7 Å². The van der Waals surface area contributed by atoms with Gasteiger partial charge in [0.25, 0.3) is 0 Å². The van der Waals surface area contributed by atoms with Crippen LogP contribution in [0.5, 0.6) is 0 Å². The fraction of sp³-hybridized carbons (Fsp3) is 0.278. The van der Waals surface area contributed by atoms with E-state index in [2.05, 4.69) is 5.32 Å². The number of hydrogen-bond donors (Lipinski definition) is 2. The van der Waals surface area contributed by atoms with Gasteiger partial charge in [-0.2, -0.15) is 0 Å². The SMILES string of the molecule is Nc1ccc2c(c1)CCCC2NC(=O)Cc1c(Cl)cccc1Cl. The van der Waals surface area contributed by atoms with Gasteiger partial charge in [-0.3, -0.25) is 4.79 Å². The molecule has 3 N–H and O–H groups in total. The highest BCUT2D eigenvalue weighted by Crippen LogP contribution is 2.31. The molecule has 1 amide bonds. The number of rotatable bonds is 3. The Balaban J connectivity index is 1.75. The summed E-state index contributed by atoms with van der Waals surface area (Å²) in [6, 6.07) is 11.2. The Bertz CT molecular complexity index is 726. The minimum Gasteiger partial charge on any atom is -0.399 e. The van der Waals surface area contributed by atoms with E-state index in [9.17, 15) is 4.79 Å². The highest BCUT2D eigenvalue weighted by molar-refractivity contribution is 6.36. The van der Waals surface area contributed by atoms with E-state index < -0.39 is 0 Å². The van der Waals surface area contributed by atoms with Crippen molar-refractivity contribution in [1.82, 2.24) is 5.32 Å². The van der Waals surface area contributed by atoms with Gasteiger partial charge in [0, 0.05) is 15.7 Å². The molecule has 3 rings (SSSR count). The van der Waals surface area contributed by atoms with Crippen LogP contribution in [0.2, 0.25) is 10.0 Å². The van der Waals surface area contributed by atoms with Crippen molar-refractivity contribution in [2.75, 3.05) is 5.73 Å². The van der Waals surface area contributed by atoms with Crippen molar-refractivity contribution in [3.8, 4) is 0 Å². The van der Waals surface area contributed by atoms with E-state index >= 15 is 0 Å². The molecule has 2 aromatic rings. The second kappa shape index (κ2) is 6.81. The summed E-state index contributed by atoms with van der Waals surface area (Å²) < 4.78 is 0. The second-order valence-electron chi connectivity index (χ2n) is 5.85. The summed E-state index contributed by atoms with van der Waals surface area (Å²) in [5.41, 5.74) is 9.65. The Morgan fingerprint density at radius 3 is 2.70 bits per heavy atom. The molecule has 0 saturated carbocycles. The summed E-state index contributed by atoms with van der Waals surface area (Å²) in [5.74, 6) is -0.0744. The molecule has 0 bridgehead atoms. The van der Waals surface area contributed by atoms with Crippen LogP contribution in [0.3, 0.4) is 0 Å². The standard InChI is InChI=1S/C18H18Cl2N2O/c19-15-4-2-5-16(20)14(15)10-18(23)22-17-6-1-3-11-9-12(21)7-8-13(11)17/h2,4-5,7-9,17H,1,3,6,10,21H2,(H,22,23). The van der Waals surface area contributed by atoms with Crippen molar-refractivity contribution in [3.63, 3.8) is 0 Å². The third kappa shape index (κ3) is 3.62. The third-order valence-electron chi connectivity index (χ3n) is 4.22. The predicted molar refractivity (Wildman–Crippen MR) is 94.8 cm³/mol. The van der Waals surface area contributed by atoms with Gasteiger partial charge in [0.05, 0.1) is 12.5 Å². The Labute approximate surface area is 145 Å². The van der Waals surface area contributed by atoms with Crippen LogP contribution in [0.25, 0.3) is 0 Å². The zero-order valence-corrected chi connectivity index (χ0v) is 14.1. The maximum absolute atomic E-state index is 12.4. The van der Waals surface area contributed by atoms with Crippen LogP contribution < -0.4 is 11.1 Å². The highest BCUT2D eigenvalue weighted by atomic mass is 35.5. The van der Waals surface area contributed by atoms with Crippen LogP contribution >= 0.6 is 23.2 Å². The molecule has 0 fully saturated rings. The monoisotopic (exact) mass is 348 g/mol. The van der Waals surface area contributed by atoms with Crippen LogP contribution in [0, 0.1) is 0 Å². The lowest BCUT2D eigenvalue weighted by molar-refractivity contribution is -0.121. The maximum atomic E-state index is 12.4. The summed E-state index contributed by atoms with van der Waals surface area (Å²) >= 11 is 12.3. The van der Waals surface area contributed by atoms with E-state index in [-0.39, 0.29) is 18.4 Å². The first-order valence-corrected chi connectivity index (χ1v) is 8.41. The number of nitrogens with two attached hydrogens (primary N) is 1. The van der Waals surface area contributed by atoms with E-state index in [0.717, 1.165) is 30.5 Å². The van der Waals surface area contributed by atoms with Gasteiger partial charge < -0.3 is 11.1 Å². The highest BCUT2D eigenvalue weighted by Gasteiger charge is 2.22. The number of halogens is 2. The molecular formula is C18H18Cl2N2O. The number of carbonyl (C=O) groups excluding carboxylic acids is 1. The predicted octanol–water partition coefficient (Wildman–Crippen LogP) is 4.31. The van der Waals surface area contributed by atoms with E-state index in [4.69, 9.17) is 28.9 Å². The quantitative estimate of drug-likeness (QED) is 0.812. The van der Waals surface area contributed by atoms with Crippen LogP contribution in [-0.4, -0.2) is 5.91 Å². The number of fused-ring (bicyclic) bond motifs is 1. The summed E-state index contributed by atoms with van der Waals surface area (Å²) in [6.45, 7) is 0. The molecule has 0 radical (unpaired) electrons. The molecule has 0 heterocycles. The molecule has 3 nitrogen and oxygen atoms in total. The molecular weight excluding hydrogens is 331 g/mol. The number of amides is 1. The minimum atomic E-state index is -0.0744. The molecule has 0 spiro atoms. The second-order valence-corrected chi connectivity index (χ2v) is 6.66. The van der Waals surface area contributed by atoms with Crippen molar-refractivity contribution in [2.24, 2.45) is 0 Å². The van der Waals surface area contributed by atoms with Crippen molar-refractivity contribution in [3.05, 3.63) is 63.1 Å². The summed E-state index contributed by atoms with van der Waals surface area (Å²) in [7, 11) is 0. The van der Waals surface area contributed by atoms with Crippen molar-refractivity contribution < 1.29 is 4.79 Å². The van der Waals surface area contributed by atoms with Gasteiger partial charge in [-0.05, 0) is 60.2 Å². The van der Waals surface area contributed by atoms with Gasteiger partial charge in [0.15, 0.2) is 0 Å². The van der Waals surface area contributed by atoms with Gasteiger partial charge in [-0.1, -0.05) is 35.3 Å². The normalized spacial score (nSPS) is 16.7. The number of nitrogen functional groups attached to an aromatic ring is 1. The molecule has 0 aromatic heterocycles. The fourth-order valence-electron chi connectivity index (χ4n) is 3.09. The van der Waals surface area contributed by atoms with E-state index in [1.807, 2.05) is 18.2 Å². The summed E-state index contributed by atoms with van der Waals surface area (Å²) in [5, 5.41) is 4.14.